The standard InChI is InChI=1S/C12H18N2O/c1-9-3-2-4-10(7-9)12(15)11-5-6-13-14-8-11/h5-6,8-10,12,15H,2-4,7H2,1H3. The van der Waals surface area contributed by atoms with Gasteiger partial charge in [0.05, 0.1) is 12.3 Å². The van der Waals surface area contributed by atoms with Crippen LogP contribution >= 0.6 is 0 Å². The van der Waals surface area contributed by atoms with Crippen molar-refractivity contribution in [3.63, 3.8) is 0 Å². The molecule has 0 amide bonds. The largest absolute Gasteiger partial charge is 0.388 e. The molecule has 0 aromatic carbocycles. The van der Waals surface area contributed by atoms with Crippen LogP contribution in [0.5, 0.6) is 0 Å². The summed E-state index contributed by atoms with van der Waals surface area (Å²) in [5.74, 6) is 1.14. The van der Waals surface area contributed by atoms with Crippen molar-refractivity contribution in [2.45, 2.75) is 38.7 Å². The Labute approximate surface area is 90.5 Å². The summed E-state index contributed by atoms with van der Waals surface area (Å²) in [5.41, 5.74) is 0.907. The predicted molar refractivity (Wildman–Crippen MR) is 58.1 cm³/mol. The van der Waals surface area contributed by atoms with Gasteiger partial charge in [0.2, 0.25) is 0 Å². The molecule has 0 spiro atoms. The second-order valence-corrected chi connectivity index (χ2v) is 4.65. The minimum atomic E-state index is -0.358. The molecule has 0 bridgehead atoms. The van der Waals surface area contributed by atoms with Crippen molar-refractivity contribution in [3.8, 4) is 0 Å². The number of aromatic nitrogens is 2. The molecule has 1 aromatic rings. The molecular formula is C12H18N2O. The van der Waals surface area contributed by atoms with Gasteiger partial charge in [-0.25, -0.2) is 0 Å². The van der Waals surface area contributed by atoms with Gasteiger partial charge in [-0.2, -0.15) is 10.2 Å². The SMILES string of the molecule is CC1CCCC(C(O)c2ccnnc2)C1. The van der Waals surface area contributed by atoms with Crippen molar-refractivity contribution in [2.75, 3.05) is 0 Å². The topological polar surface area (TPSA) is 46.0 Å². The molecule has 3 heteroatoms. The molecule has 2 rings (SSSR count). The van der Waals surface area contributed by atoms with Crippen molar-refractivity contribution in [3.05, 3.63) is 24.0 Å². The molecule has 1 aliphatic rings. The van der Waals surface area contributed by atoms with Crippen molar-refractivity contribution < 1.29 is 5.11 Å². The molecule has 1 aromatic heterocycles. The van der Waals surface area contributed by atoms with Crippen LogP contribution in [0.1, 0.15) is 44.3 Å². The number of hydrogen-bond donors (Lipinski definition) is 1. The van der Waals surface area contributed by atoms with Crippen LogP contribution in [0, 0.1) is 11.8 Å². The van der Waals surface area contributed by atoms with Crippen LogP contribution in [-0.2, 0) is 0 Å². The summed E-state index contributed by atoms with van der Waals surface area (Å²) in [7, 11) is 0. The average molecular weight is 206 g/mol. The first-order valence-corrected chi connectivity index (χ1v) is 5.72. The fraction of sp³-hybridized carbons (Fsp3) is 0.667. The first-order chi connectivity index (χ1) is 7.27. The van der Waals surface area contributed by atoms with E-state index in [1.165, 1.54) is 12.8 Å². The lowest BCUT2D eigenvalue weighted by molar-refractivity contribution is 0.0710. The quantitative estimate of drug-likeness (QED) is 0.807. The highest BCUT2D eigenvalue weighted by atomic mass is 16.3. The Morgan fingerprint density at radius 2 is 2.27 bits per heavy atom. The molecule has 1 heterocycles. The van der Waals surface area contributed by atoms with E-state index >= 15 is 0 Å². The van der Waals surface area contributed by atoms with Gasteiger partial charge in [-0.3, -0.25) is 0 Å². The molecule has 0 radical (unpaired) electrons. The molecule has 15 heavy (non-hydrogen) atoms. The highest BCUT2D eigenvalue weighted by molar-refractivity contribution is 5.10. The van der Waals surface area contributed by atoms with Crippen LogP contribution in [-0.4, -0.2) is 15.3 Å². The van der Waals surface area contributed by atoms with Gasteiger partial charge in [0.1, 0.15) is 0 Å². The molecule has 82 valence electrons. The summed E-state index contributed by atoms with van der Waals surface area (Å²) < 4.78 is 0. The van der Waals surface area contributed by atoms with Crippen LogP contribution in [0.4, 0.5) is 0 Å². The fourth-order valence-electron chi connectivity index (χ4n) is 2.52. The molecular weight excluding hydrogens is 188 g/mol. The monoisotopic (exact) mass is 206 g/mol. The lowest BCUT2D eigenvalue weighted by Crippen LogP contribution is -2.20. The second kappa shape index (κ2) is 4.71. The second-order valence-electron chi connectivity index (χ2n) is 4.65. The van der Waals surface area contributed by atoms with Crippen LogP contribution in [0.15, 0.2) is 18.5 Å². The van der Waals surface area contributed by atoms with Crippen molar-refractivity contribution in [1.29, 1.82) is 0 Å². The van der Waals surface area contributed by atoms with Crippen molar-refractivity contribution in [1.82, 2.24) is 10.2 Å². The third-order valence-corrected chi connectivity index (χ3v) is 3.37. The Balaban J connectivity index is 2.04. The molecule has 1 aliphatic carbocycles. The van der Waals surface area contributed by atoms with E-state index < -0.39 is 0 Å². The molecule has 0 aliphatic heterocycles. The van der Waals surface area contributed by atoms with Gasteiger partial charge >= 0.3 is 0 Å². The summed E-state index contributed by atoms with van der Waals surface area (Å²) in [4.78, 5) is 0. The molecule has 1 N–H and O–H groups in total. The average Bonchev–Trinajstić information content (AvgIpc) is 2.29. The van der Waals surface area contributed by atoms with E-state index in [1.54, 1.807) is 12.4 Å². The van der Waals surface area contributed by atoms with Crippen LogP contribution in [0.3, 0.4) is 0 Å². The number of nitrogens with zero attached hydrogens (tertiary/aromatic N) is 2. The van der Waals surface area contributed by atoms with E-state index in [-0.39, 0.29) is 6.10 Å². The zero-order valence-corrected chi connectivity index (χ0v) is 9.13. The van der Waals surface area contributed by atoms with Crippen molar-refractivity contribution >= 4 is 0 Å². The predicted octanol–water partition coefficient (Wildman–Crippen LogP) is 2.34. The zero-order chi connectivity index (χ0) is 10.7. The van der Waals surface area contributed by atoms with Gasteiger partial charge in [-0.15, -0.1) is 0 Å². The van der Waals surface area contributed by atoms with Gasteiger partial charge < -0.3 is 5.11 Å². The molecule has 3 nitrogen and oxygen atoms in total. The summed E-state index contributed by atoms with van der Waals surface area (Å²) in [6.45, 7) is 2.27. The number of rotatable bonds is 2. The van der Waals surface area contributed by atoms with E-state index in [0.29, 0.717) is 5.92 Å². The summed E-state index contributed by atoms with van der Waals surface area (Å²) in [6, 6.07) is 1.86. The maximum atomic E-state index is 10.2. The molecule has 3 unspecified atom stereocenters. The Morgan fingerprint density at radius 3 is 2.93 bits per heavy atom. The van der Waals surface area contributed by atoms with E-state index in [0.717, 1.165) is 24.3 Å². The zero-order valence-electron chi connectivity index (χ0n) is 9.13. The number of aliphatic hydroxyl groups is 1. The Kier molecular flexibility index (Phi) is 3.31. The van der Waals surface area contributed by atoms with E-state index in [4.69, 9.17) is 0 Å². The first kappa shape index (κ1) is 10.6. The summed E-state index contributed by atoms with van der Waals surface area (Å²) >= 11 is 0. The Hall–Kier alpha value is -0.960. The van der Waals surface area contributed by atoms with Crippen LogP contribution in [0.2, 0.25) is 0 Å². The molecule has 1 saturated carbocycles. The summed E-state index contributed by atoms with van der Waals surface area (Å²) in [5, 5.41) is 17.7. The van der Waals surface area contributed by atoms with Gasteiger partial charge in [-0.05, 0) is 30.7 Å². The minimum absolute atomic E-state index is 0.358. The van der Waals surface area contributed by atoms with E-state index in [2.05, 4.69) is 17.1 Å². The van der Waals surface area contributed by atoms with Gasteiger partial charge in [-0.1, -0.05) is 19.8 Å². The smallest absolute Gasteiger partial charge is 0.0834 e. The van der Waals surface area contributed by atoms with Gasteiger partial charge in [0, 0.05) is 11.8 Å². The third kappa shape index (κ3) is 2.53. The lowest BCUT2D eigenvalue weighted by atomic mass is 9.78. The molecule has 3 atom stereocenters. The van der Waals surface area contributed by atoms with E-state index in [1.807, 2.05) is 6.07 Å². The summed E-state index contributed by atoms with van der Waals surface area (Å²) in [6.07, 6.45) is 7.76. The lowest BCUT2D eigenvalue weighted by Gasteiger charge is -2.30. The maximum absolute atomic E-state index is 10.2. The number of aliphatic hydroxyl groups excluding tert-OH is 1. The van der Waals surface area contributed by atoms with Crippen molar-refractivity contribution in [2.24, 2.45) is 11.8 Å². The highest BCUT2D eigenvalue weighted by Crippen LogP contribution is 2.36. The number of hydrogen-bond acceptors (Lipinski definition) is 3. The highest BCUT2D eigenvalue weighted by Gasteiger charge is 2.26. The Morgan fingerprint density at radius 1 is 1.40 bits per heavy atom. The maximum Gasteiger partial charge on any atom is 0.0834 e. The van der Waals surface area contributed by atoms with Gasteiger partial charge in [0.25, 0.3) is 0 Å². The van der Waals surface area contributed by atoms with Crippen LogP contribution < -0.4 is 0 Å². The molecule has 1 fully saturated rings. The normalized spacial score (nSPS) is 28.7. The molecule has 0 saturated heterocycles. The van der Waals surface area contributed by atoms with Gasteiger partial charge in [0.15, 0.2) is 0 Å². The van der Waals surface area contributed by atoms with E-state index in [9.17, 15) is 5.11 Å². The Bertz CT molecular complexity index is 302. The van der Waals surface area contributed by atoms with Crippen LogP contribution in [0.25, 0.3) is 0 Å². The third-order valence-electron chi connectivity index (χ3n) is 3.37. The fourth-order valence-corrected chi connectivity index (χ4v) is 2.52. The minimum Gasteiger partial charge on any atom is -0.388 e. The first-order valence-electron chi connectivity index (χ1n) is 5.72.